The lowest BCUT2D eigenvalue weighted by Gasteiger charge is -2.20. The molecule has 0 unspecified atom stereocenters. The Morgan fingerprint density at radius 2 is 1.67 bits per heavy atom. The first-order valence-corrected chi connectivity index (χ1v) is 11.5. The van der Waals surface area contributed by atoms with Crippen LogP contribution in [-0.4, -0.2) is 38.7 Å². The highest BCUT2D eigenvalue weighted by atomic mass is 35.5. The van der Waals surface area contributed by atoms with E-state index in [4.69, 9.17) is 21.6 Å². The largest absolute Gasteiger partial charge is 0.354 e. The first kappa shape index (κ1) is 21.4. The molecule has 0 aliphatic carbocycles. The SMILES string of the molecule is Cc1ccc(Cn2nc(C)c(C(=O)Nc3nc4ccccc4nc3N3CCCC3)c2Cl)cc1. The standard InChI is InChI=1S/C25H25ClN6O/c1-16-9-11-18(12-10-16)15-32-22(26)21(17(2)30-32)25(33)29-23-24(31-13-5-6-14-31)28-20-8-4-3-7-19(20)27-23/h3-4,7-12H,5-6,13-15H2,1-2H3,(H,27,29,33). The van der Waals surface area contributed by atoms with Gasteiger partial charge in [-0.15, -0.1) is 0 Å². The lowest BCUT2D eigenvalue weighted by atomic mass is 10.1. The highest BCUT2D eigenvalue weighted by Gasteiger charge is 2.25. The van der Waals surface area contributed by atoms with Crippen molar-refractivity contribution in [1.29, 1.82) is 0 Å². The van der Waals surface area contributed by atoms with Gasteiger partial charge in [0.2, 0.25) is 0 Å². The zero-order valence-electron chi connectivity index (χ0n) is 18.7. The fraction of sp³-hybridized carbons (Fsp3) is 0.280. The first-order chi connectivity index (χ1) is 16.0. The second-order valence-corrected chi connectivity index (χ2v) is 8.79. The van der Waals surface area contributed by atoms with E-state index < -0.39 is 0 Å². The number of nitrogens with one attached hydrogen (secondary N) is 1. The molecule has 33 heavy (non-hydrogen) atoms. The van der Waals surface area contributed by atoms with E-state index in [1.807, 2.05) is 55.5 Å². The molecule has 2 aromatic carbocycles. The zero-order valence-corrected chi connectivity index (χ0v) is 19.4. The van der Waals surface area contributed by atoms with Crippen molar-refractivity contribution in [2.45, 2.75) is 33.2 Å². The van der Waals surface area contributed by atoms with Gasteiger partial charge >= 0.3 is 0 Å². The molecule has 0 bridgehead atoms. The van der Waals surface area contributed by atoms with E-state index in [0.29, 0.717) is 34.6 Å². The summed E-state index contributed by atoms with van der Waals surface area (Å²) in [6, 6.07) is 15.8. The molecule has 1 N–H and O–H groups in total. The van der Waals surface area contributed by atoms with Gasteiger partial charge in [0, 0.05) is 13.1 Å². The normalized spacial score (nSPS) is 13.6. The molecule has 0 spiro atoms. The van der Waals surface area contributed by atoms with Crippen molar-refractivity contribution >= 4 is 40.2 Å². The Morgan fingerprint density at radius 3 is 2.36 bits per heavy atom. The van der Waals surface area contributed by atoms with Gasteiger partial charge in [0.15, 0.2) is 11.6 Å². The number of amides is 1. The molecule has 0 atom stereocenters. The van der Waals surface area contributed by atoms with Crippen molar-refractivity contribution in [1.82, 2.24) is 19.7 Å². The maximum absolute atomic E-state index is 13.3. The average molecular weight is 461 g/mol. The summed E-state index contributed by atoms with van der Waals surface area (Å²) in [6.07, 6.45) is 2.19. The van der Waals surface area contributed by atoms with Gasteiger partial charge in [-0.3, -0.25) is 4.79 Å². The van der Waals surface area contributed by atoms with Gasteiger partial charge in [0.1, 0.15) is 5.15 Å². The molecular formula is C25H25ClN6O. The molecular weight excluding hydrogens is 436 g/mol. The second-order valence-electron chi connectivity index (χ2n) is 8.43. The van der Waals surface area contributed by atoms with E-state index in [0.717, 1.165) is 42.5 Å². The van der Waals surface area contributed by atoms with Crippen molar-refractivity contribution < 1.29 is 4.79 Å². The van der Waals surface area contributed by atoms with Crippen LogP contribution in [0.15, 0.2) is 48.5 Å². The minimum atomic E-state index is -0.335. The van der Waals surface area contributed by atoms with E-state index in [-0.39, 0.29) is 5.91 Å². The Labute approximate surface area is 197 Å². The average Bonchev–Trinajstić information content (AvgIpc) is 3.43. The molecule has 4 aromatic rings. The van der Waals surface area contributed by atoms with E-state index in [1.165, 1.54) is 5.56 Å². The number of para-hydroxylation sites is 2. The Bertz CT molecular complexity index is 1320. The highest BCUT2D eigenvalue weighted by molar-refractivity contribution is 6.33. The molecule has 3 heterocycles. The lowest BCUT2D eigenvalue weighted by Crippen LogP contribution is -2.23. The molecule has 0 radical (unpaired) electrons. The summed E-state index contributed by atoms with van der Waals surface area (Å²) in [5, 5.41) is 7.80. The van der Waals surface area contributed by atoms with Crippen molar-refractivity contribution in [3.8, 4) is 0 Å². The number of rotatable bonds is 5. The number of carbonyl (C=O) groups is 1. The Hall–Kier alpha value is -3.45. The number of hydrogen-bond donors (Lipinski definition) is 1. The van der Waals surface area contributed by atoms with E-state index in [2.05, 4.69) is 15.3 Å². The fourth-order valence-electron chi connectivity index (χ4n) is 4.18. The van der Waals surface area contributed by atoms with Gasteiger partial charge in [0.25, 0.3) is 5.91 Å². The summed E-state index contributed by atoms with van der Waals surface area (Å²) in [5.74, 6) is 0.806. The second kappa shape index (κ2) is 8.83. The Balaban J connectivity index is 1.46. The topological polar surface area (TPSA) is 75.9 Å². The van der Waals surface area contributed by atoms with Gasteiger partial charge in [-0.2, -0.15) is 5.10 Å². The van der Waals surface area contributed by atoms with E-state index >= 15 is 0 Å². The molecule has 1 aliphatic rings. The number of fused-ring (bicyclic) bond motifs is 1. The van der Waals surface area contributed by atoms with Gasteiger partial charge in [0.05, 0.1) is 28.8 Å². The Kier molecular flexibility index (Phi) is 5.72. The molecule has 1 aliphatic heterocycles. The summed E-state index contributed by atoms with van der Waals surface area (Å²) in [7, 11) is 0. The predicted octanol–water partition coefficient (Wildman–Crippen LogP) is 5.00. The quantitative estimate of drug-likeness (QED) is 0.453. The minimum Gasteiger partial charge on any atom is -0.354 e. The number of aryl methyl sites for hydroxylation is 2. The molecule has 5 rings (SSSR count). The molecule has 1 fully saturated rings. The maximum atomic E-state index is 13.3. The molecule has 0 saturated carbocycles. The third-order valence-corrected chi connectivity index (χ3v) is 6.32. The summed E-state index contributed by atoms with van der Waals surface area (Å²) < 4.78 is 1.66. The van der Waals surface area contributed by atoms with Crippen LogP contribution >= 0.6 is 11.6 Å². The third-order valence-electron chi connectivity index (χ3n) is 5.94. The van der Waals surface area contributed by atoms with Crippen molar-refractivity contribution in [2.75, 3.05) is 23.3 Å². The summed E-state index contributed by atoms with van der Waals surface area (Å²) in [6.45, 7) is 6.11. The monoisotopic (exact) mass is 460 g/mol. The predicted molar refractivity (Wildman–Crippen MR) is 131 cm³/mol. The van der Waals surface area contributed by atoms with Crippen LogP contribution in [0.4, 0.5) is 11.6 Å². The number of carbonyl (C=O) groups excluding carboxylic acids is 1. The zero-order chi connectivity index (χ0) is 22.9. The van der Waals surface area contributed by atoms with E-state index in [9.17, 15) is 4.79 Å². The fourth-order valence-corrected chi connectivity index (χ4v) is 4.50. The smallest absolute Gasteiger partial charge is 0.261 e. The summed E-state index contributed by atoms with van der Waals surface area (Å²) in [5.41, 5.74) is 4.71. The Morgan fingerprint density at radius 1 is 1.00 bits per heavy atom. The third kappa shape index (κ3) is 4.28. The number of benzene rings is 2. The number of anilines is 2. The van der Waals surface area contributed by atoms with Crippen LogP contribution in [0.2, 0.25) is 5.15 Å². The van der Waals surface area contributed by atoms with Crippen molar-refractivity contribution in [3.63, 3.8) is 0 Å². The molecule has 1 amide bonds. The summed E-state index contributed by atoms with van der Waals surface area (Å²) in [4.78, 5) is 25.0. The first-order valence-electron chi connectivity index (χ1n) is 11.1. The van der Waals surface area contributed by atoms with Crippen LogP contribution < -0.4 is 10.2 Å². The minimum absolute atomic E-state index is 0.307. The van der Waals surface area contributed by atoms with Crippen LogP contribution in [-0.2, 0) is 6.54 Å². The highest BCUT2D eigenvalue weighted by Crippen LogP contribution is 2.29. The molecule has 168 valence electrons. The van der Waals surface area contributed by atoms with Crippen LogP contribution in [0.5, 0.6) is 0 Å². The number of halogens is 1. The number of nitrogens with zero attached hydrogens (tertiary/aromatic N) is 5. The molecule has 7 nitrogen and oxygen atoms in total. The van der Waals surface area contributed by atoms with Crippen LogP contribution in [0, 0.1) is 13.8 Å². The number of aromatic nitrogens is 4. The summed E-state index contributed by atoms with van der Waals surface area (Å²) >= 11 is 6.63. The van der Waals surface area contributed by atoms with Crippen LogP contribution in [0.1, 0.15) is 40.0 Å². The van der Waals surface area contributed by atoms with Crippen LogP contribution in [0.25, 0.3) is 11.0 Å². The van der Waals surface area contributed by atoms with Crippen molar-refractivity contribution in [2.24, 2.45) is 0 Å². The molecule has 1 saturated heterocycles. The van der Waals surface area contributed by atoms with Gasteiger partial charge in [-0.1, -0.05) is 53.6 Å². The van der Waals surface area contributed by atoms with Gasteiger partial charge in [-0.25, -0.2) is 14.6 Å². The van der Waals surface area contributed by atoms with E-state index in [1.54, 1.807) is 11.6 Å². The van der Waals surface area contributed by atoms with Crippen molar-refractivity contribution in [3.05, 3.63) is 76.1 Å². The molecule has 8 heteroatoms. The lowest BCUT2D eigenvalue weighted by molar-refractivity contribution is 0.102. The van der Waals surface area contributed by atoms with Crippen LogP contribution in [0.3, 0.4) is 0 Å². The van der Waals surface area contributed by atoms with Gasteiger partial charge < -0.3 is 10.2 Å². The molecule has 2 aromatic heterocycles. The van der Waals surface area contributed by atoms with Gasteiger partial charge in [-0.05, 0) is 44.4 Å². The number of hydrogen-bond acceptors (Lipinski definition) is 5. The maximum Gasteiger partial charge on any atom is 0.261 e.